The van der Waals surface area contributed by atoms with Gasteiger partial charge in [0.25, 0.3) is 0 Å². The fourth-order valence-electron chi connectivity index (χ4n) is 10.7. The van der Waals surface area contributed by atoms with E-state index in [1.54, 1.807) is 0 Å². The number of anilines is 2. The molecule has 0 radical (unpaired) electrons. The van der Waals surface area contributed by atoms with Gasteiger partial charge in [0, 0.05) is 66.6 Å². The van der Waals surface area contributed by atoms with Crippen LogP contribution in [0.5, 0.6) is 11.5 Å². The summed E-state index contributed by atoms with van der Waals surface area (Å²) < 4.78 is 9.38. The van der Waals surface area contributed by atoms with Crippen LogP contribution in [0.1, 0.15) is 159 Å². The molecule has 0 spiro atoms. The Morgan fingerprint density at radius 1 is 0.513 bits per heavy atom. The Bertz CT molecular complexity index is 3530. The molecular formula is C70H73N4OPt-3. The van der Waals surface area contributed by atoms with Gasteiger partial charge in [-0.15, -0.1) is 53.6 Å². The van der Waals surface area contributed by atoms with Gasteiger partial charge >= 0.3 is 0 Å². The van der Waals surface area contributed by atoms with Crippen molar-refractivity contribution in [3.8, 4) is 17.3 Å². The van der Waals surface area contributed by atoms with E-state index in [2.05, 4.69) is 288 Å². The van der Waals surface area contributed by atoms with Crippen molar-refractivity contribution < 1.29 is 25.8 Å². The summed E-state index contributed by atoms with van der Waals surface area (Å²) in [5, 5.41) is 2.20. The fraction of sp³-hybridized carbons (Fsp3) is 0.286. The molecule has 10 rings (SSSR count). The first-order chi connectivity index (χ1) is 35.6. The summed E-state index contributed by atoms with van der Waals surface area (Å²) in [6.07, 6.45) is 4.27. The molecule has 392 valence electrons. The molecule has 0 N–H and O–H groups in total. The van der Waals surface area contributed by atoms with Crippen LogP contribution in [-0.4, -0.2) is 9.55 Å². The molecule has 0 unspecified atom stereocenters. The smallest absolute Gasteiger partial charge is 0.135 e. The zero-order valence-corrected chi connectivity index (χ0v) is 49.2. The minimum atomic E-state index is -0.404. The number of aromatic nitrogens is 2. The van der Waals surface area contributed by atoms with Gasteiger partial charge in [-0.05, 0) is 109 Å². The van der Waals surface area contributed by atoms with Gasteiger partial charge in [0.05, 0.1) is 0 Å². The monoisotopic (exact) mass is 1180 g/mol. The summed E-state index contributed by atoms with van der Waals surface area (Å²) >= 11 is 0. The molecule has 0 fully saturated rings. The van der Waals surface area contributed by atoms with Gasteiger partial charge in [0.1, 0.15) is 5.82 Å². The van der Waals surface area contributed by atoms with E-state index in [-0.39, 0.29) is 49.1 Å². The second kappa shape index (κ2) is 20.7. The van der Waals surface area contributed by atoms with E-state index in [4.69, 9.17) is 9.72 Å². The number of hydrogen-bond donors (Lipinski definition) is 0. The van der Waals surface area contributed by atoms with Crippen LogP contribution in [0.2, 0.25) is 0 Å². The van der Waals surface area contributed by atoms with Crippen LogP contribution in [0, 0.1) is 18.8 Å². The van der Waals surface area contributed by atoms with Crippen molar-refractivity contribution >= 4 is 38.9 Å². The molecule has 3 heterocycles. The zero-order chi connectivity index (χ0) is 53.2. The molecule has 1 aliphatic rings. The second-order valence-corrected chi connectivity index (χ2v) is 24.3. The molecular weight excluding hydrogens is 1110 g/mol. The van der Waals surface area contributed by atoms with E-state index in [0.29, 0.717) is 11.5 Å². The van der Waals surface area contributed by atoms with Crippen molar-refractivity contribution in [3.05, 3.63) is 239 Å². The average Bonchev–Trinajstić information content (AvgIpc) is 4.01. The molecule has 0 saturated heterocycles. The molecule has 7 aromatic carbocycles. The third-order valence-electron chi connectivity index (χ3n) is 15.6. The Balaban J connectivity index is 0.00000706. The second-order valence-electron chi connectivity index (χ2n) is 24.3. The van der Waals surface area contributed by atoms with Crippen LogP contribution in [0.15, 0.2) is 170 Å². The standard InChI is InChI=1S/C70H73N4O.Pt/c1-46(2)58-29-23-30-59(47(3)4)66(58)64-44-72(54-37-51(67(5,6)7)36-52(38-54)68(8,9)10)45-73(64)55-39-53(70(13,14)49-26-19-16-20-27-49)40-57(42-55)75-56-32-33-61-60-28-21-22-31-62(60)74(63(61)43-56)65-41-50(34-35-71-65)69(11,12)48-24-17-15-18-25-48;/h15-41,44-47H,1-14H3;/q-3;. The Labute approximate surface area is 467 Å². The van der Waals surface area contributed by atoms with Crippen LogP contribution in [0.4, 0.5) is 11.4 Å². The molecule has 2 aromatic heterocycles. The van der Waals surface area contributed by atoms with Crippen LogP contribution in [-0.2, 0) is 42.7 Å². The van der Waals surface area contributed by atoms with Crippen molar-refractivity contribution in [1.29, 1.82) is 0 Å². The summed E-state index contributed by atoms with van der Waals surface area (Å²) in [4.78, 5) is 9.71. The van der Waals surface area contributed by atoms with Gasteiger partial charge in [-0.25, -0.2) is 4.98 Å². The third kappa shape index (κ3) is 10.3. The molecule has 0 saturated carbocycles. The molecule has 0 amide bonds. The number of benzene rings is 7. The minimum Gasteiger partial charge on any atom is -0.509 e. The van der Waals surface area contributed by atoms with E-state index in [1.807, 2.05) is 12.3 Å². The van der Waals surface area contributed by atoms with E-state index in [9.17, 15) is 0 Å². The quantitative estimate of drug-likeness (QED) is 0.114. The van der Waals surface area contributed by atoms with Crippen molar-refractivity contribution in [1.82, 2.24) is 9.55 Å². The van der Waals surface area contributed by atoms with E-state index >= 15 is 0 Å². The molecule has 9 aromatic rings. The van der Waals surface area contributed by atoms with Crippen molar-refractivity contribution in [3.63, 3.8) is 0 Å². The summed E-state index contributed by atoms with van der Waals surface area (Å²) in [6, 6.07) is 64.7. The van der Waals surface area contributed by atoms with Gasteiger partial charge in [0.15, 0.2) is 0 Å². The minimum absolute atomic E-state index is 0. The number of fused-ring (bicyclic) bond motifs is 3. The Morgan fingerprint density at radius 2 is 1.09 bits per heavy atom. The predicted molar refractivity (Wildman–Crippen MR) is 316 cm³/mol. The Hall–Kier alpha value is -6.68. The SMILES string of the molecule is CC(C)c1cccc(C(C)C)c1C1=CN(c2cc(C(C)(C)C)cc(C(C)(C)C)c2)[CH-]N1c1[c-]c(Oc2[c-]c3c(cc2)c2ccccc2n3-c2cc(C(C)(C)c3ccccc3)ccn2)cc(C(C)(C)c2ccccc2)c1.[Pt]. The first kappa shape index (κ1) is 54.1. The van der Waals surface area contributed by atoms with Gasteiger partial charge < -0.3 is 19.1 Å². The predicted octanol–water partition coefficient (Wildman–Crippen LogP) is 18.5. The summed E-state index contributed by atoms with van der Waals surface area (Å²) in [7, 11) is 0. The number of para-hydroxylation sites is 1. The van der Waals surface area contributed by atoms with Crippen molar-refractivity contribution in [2.24, 2.45) is 0 Å². The maximum atomic E-state index is 7.15. The van der Waals surface area contributed by atoms with Gasteiger partial charge in [-0.2, -0.15) is 6.07 Å². The molecule has 5 nitrogen and oxygen atoms in total. The van der Waals surface area contributed by atoms with E-state index in [1.165, 1.54) is 44.5 Å². The van der Waals surface area contributed by atoms with E-state index in [0.717, 1.165) is 50.3 Å². The molecule has 1 aliphatic heterocycles. The first-order valence-electron chi connectivity index (χ1n) is 26.8. The number of rotatable bonds is 12. The van der Waals surface area contributed by atoms with Gasteiger partial charge in [-0.3, -0.25) is 0 Å². The average molecular weight is 1180 g/mol. The van der Waals surface area contributed by atoms with Crippen molar-refractivity contribution in [2.45, 2.75) is 130 Å². The van der Waals surface area contributed by atoms with Crippen LogP contribution < -0.4 is 14.5 Å². The number of nitrogens with zero attached hydrogens (tertiary/aromatic N) is 4. The van der Waals surface area contributed by atoms with Crippen LogP contribution in [0.25, 0.3) is 33.3 Å². The zero-order valence-electron chi connectivity index (χ0n) is 46.9. The normalized spacial score (nSPS) is 13.5. The maximum absolute atomic E-state index is 7.15. The number of pyridine rings is 1. The van der Waals surface area contributed by atoms with Crippen LogP contribution >= 0.6 is 0 Å². The fourth-order valence-corrected chi connectivity index (χ4v) is 10.7. The number of hydrogen-bond acceptors (Lipinski definition) is 4. The molecule has 0 bridgehead atoms. The third-order valence-corrected chi connectivity index (χ3v) is 15.6. The topological polar surface area (TPSA) is 33.5 Å². The van der Waals surface area contributed by atoms with E-state index < -0.39 is 5.41 Å². The summed E-state index contributed by atoms with van der Waals surface area (Å²) in [5.41, 5.74) is 15.5. The van der Waals surface area contributed by atoms with Crippen LogP contribution in [0.3, 0.4) is 0 Å². The van der Waals surface area contributed by atoms with Gasteiger partial charge in [0.2, 0.25) is 0 Å². The van der Waals surface area contributed by atoms with Gasteiger partial charge in [-0.1, -0.05) is 206 Å². The summed E-state index contributed by atoms with van der Waals surface area (Å²) in [5.74, 6) is 2.59. The summed E-state index contributed by atoms with van der Waals surface area (Å²) in [6.45, 7) is 34.5. The number of ether oxygens (including phenoxy) is 1. The maximum Gasteiger partial charge on any atom is 0.135 e. The largest absolute Gasteiger partial charge is 0.509 e. The van der Waals surface area contributed by atoms with Crippen molar-refractivity contribution in [2.75, 3.05) is 9.80 Å². The Kier molecular flexibility index (Phi) is 14.7. The first-order valence-corrected chi connectivity index (χ1v) is 26.8. The Morgan fingerprint density at radius 3 is 1.68 bits per heavy atom. The molecule has 76 heavy (non-hydrogen) atoms. The molecule has 6 heteroatoms. The molecule has 0 atom stereocenters. The molecule has 0 aliphatic carbocycles.